The van der Waals surface area contributed by atoms with Crippen LogP contribution in [0.2, 0.25) is 0 Å². The van der Waals surface area contributed by atoms with Gasteiger partial charge < -0.3 is 0 Å². The van der Waals surface area contributed by atoms with Gasteiger partial charge in [0.2, 0.25) is 0 Å². The number of benzene rings is 1. The summed E-state index contributed by atoms with van der Waals surface area (Å²) in [5, 5.41) is 4.44. The van der Waals surface area contributed by atoms with E-state index >= 15 is 0 Å². The van der Waals surface area contributed by atoms with E-state index in [0.29, 0.717) is 5.88 Å². The number of aromatic nitrogens is 2. The Morgan fingerprint density at radius 2 is 1.71 bits per heavy atom. The SMILES string of the molecule is Cc1cc(C)c(-n2ncc(CCl)c2C)c(C)c1. The molecule has 0 fully saturated rings. The van der Waals surface area contributed by atoms with E-state index in [1.807, 2.05) is 10.9 Å². The maximum absolute atomic E-state index is 5.88. The second-order valence-electron chi connectivity index (χ2n) is 4.55. The van der Waals surface area contributed by atoms with Crippen LogP contribution in [0.25, 0.3) is 5.69 Å². The van der Waals surface area contributed by atoms with Gasteiger partial charge in [0, 0.05) is 11.3 Å². The van der Waals surface area contributed by atoms with Crippen molar-refractivity contribution in [2.45, 2.75) is 33.6 Å². The number of alkyl halides is 1. The normalized spacial score (nSPS) is 10.9. The van der Waals surface area contributed by atoms with E-state index < -0.39 is 0 Å². The first-order valence-electron chi connectivity index (χ1n) is 5.72. The molecule has 0 aliphatic rings. The molecule has 0 aliphatic carbocycles. The maximum Gasteiger partial charge on any atom is 0.0707 e. The average Bonchev–Trinajstić information content (AvgIpc) is 2.59. The van der Waals surface area contributed by atoms with Crippen molar-refractivity contribution in [1.29, 1.82) is 0 Å². The minimum absolute atomic E-state index is 0.510. The highest BCUT2D eigenvalue weighted by Crippen LogP contribution is 2.23. The lowest BCUT2D eigenvalue weighted by atomic mass is 10.1. The molecular formula is C14H17ClN2. The molecule has 0 saturated heterocycles. The molecule has 1 heterocycles. The molecule has 2 rings (SSSR count). The van der Waals surface area contributed by atoms with E-state index in [2.05, 4.69) is 44.9 Å². The van der Waals surface area contributed by atoms with Crippen LogP contribution < -0.4 is 0 Å². The van der Waals surface area contributed by atoms with Gasteiger partial charge in [0.05, 0.1) is 17.8 Å². The minimum atomic E-state index is 0.510. The van der Waals surface area contributed by atoms with E-state index in [1.54, 1.807) is 0 Å². The lowest BCUT2D eigenvalue weighted by Crippen LogP contribution is -2.04. The van der Waals surface area contributed by atoms with Gasteiger partial charge in [-0.05, 0) is 38.8 Å². The molecule has 0 aliphatic heterocycles. The zero-order valence-corrected chi connectivity index (χ0v) is 11.5. The maximum atomic E-state index is 5.88. The van der Waals surface area contributed by atoms with E-state index in [9.17, 15) is 0 Å². The molecule has 3 heteroatoms. The number of rotatable bonds is 2. The van der Waals surface area contributed by atoms with E-state index in [1.165, 1.54) is 22.4 Å². The van der Waals surface area contributed by atoms with Crippen LogP contribution >= 0.6 is 11.6 Å². The highest BCUT2D eigenvalue weighted by molar-refractivity contribution is 6.17. The second-order valence-corrected chi connectivity index (χ2v) is 4.82. The largest absolute Gasteiger partial charge is 0.237 e. The predicted molar refractivity (Wildman–Crippen MR) is 72.1 cm³/mol. The topological polar surface area (TPSA) is 17.8 Å². The molecule has 17 heavy (non-hydrogen) atoms. The summed E-state index contributed by atoms with van der Waals surface area (Å²) in [6.45, 7) is 8.42. The quantitative estimate of drug-likeness (QED) is 0.739. The van der Waals surface area contributed by atoms with Gasteiger partial charge in [0.25, 0.3) is 0 Å². The van der Waals surface area contributed by atoms with Crippen LogP contribution in [-0.4, -0.2) is 9.78 Å². The molecule has 90 valence electrons. The zero-order chi connectivity index (χ0) is 12.6. The molecule has 0 bridgehead atoms. The predicted octanol–water partition coefficient (Wildman–Crippen LogP) is 3.84. The van der Waals surface area contributed by atoms with Crippen molar-refractivity contribution in [3.8, 4) is 5.69 Å². The molecule has 2 aromatic rings. The van der Waals surface area contributed by atoms with Crippen molar-refractivity contribution >= 4 is 11.6 Å². The smallest absolute Gasteiger partial charge is 0.0707 e. The van der Waals surface area contributed by atoms with Crippen LogP contribution in [0.5, 0.6) is 0 Å². The van der Waals surface area contributed by atoms with Crippen LogP contribution in [0.4, 0.5) is 0 Å². The molecule has 0 unspecified atom stereocenters. The third-order valence-corrected chi connectivity index (χ3v) is 3.39. The number of nitrogens with zero attached hydrogens (tertiary/aromatic N) is 2. The van der Waals surface area contributed by atoms with Crippen LogP contribution in [0.1, 0.15) is 27.9 Å². The van der Waals surface area contributed by atoms with Gasteiger partial charge in [-0.3, -0.25) is 0 Å². The van der Waals surface area contributed by atoms with Gasteiger partial charge in [-0.15, -0.1) is 11.6 Å². The summed E-state index contributed by atoms with van der Waals surface area (Å²) in [5.74, 6) is 0.510. The first-order chi connectivity index (χ1) is 8.04. The Bertz CT molecular complexity index is 532. The minimum Gasteiger partial charge on any atom is -0.237 e. The lowest BCUT2D eigenvalue weighted by Gasteiger charge is -2.13. The highest BCUT2D eigenvalue weighted by atomic mass is 35.5. The number of hydrogen-bond acceptors (Lipinski definition) is 1. The Morgan fingerprint density at radius 1 is 1.12 bits per heavy atom. The fourth-order valence-corrected chi connectivity index (χ4v) is 2.57. The van der Waals surface area contributed by atoms with Crippen LogP contribution in [0, 0.1) is 27.7 Å². The number of halogens is 1. The van der Waals surface area contributed by atoms with Crippen LogP contribution in [0.3, 0.4) is 0 Å². The Labute approximate surface area is 107 Å². The van der Waals surface area contributed by atoms with Crippen molar-refractivity contribution in [2.24, 2.45) is 0 Å². The van der Waals surface area contributed by atoms with Crippen LogP contribution in [-0.2, 0) is 5.88 Å². The molecule has 1 aromatic carbocycles. The molecule has 2 nitrogen and oxygen atoms in total. The summed E-state index contributed by atoms with van der Waals surface area (Å²) in [7, 11) is 0. The van der Waals surface area contributed by atoms with Crippen molar-refractivity contribution in [2.75, 3.05) is 0 Å². The van der Waals surface area contributed by atoms with E-state index in [-0.39, 0.29) is 0 Å². The third kappa shape index (κ3) is 2.09. The molecule has 0 spiro atoms. The third-order valence-electron chi connectivity index (χ3n) is 3.10. The number of hydrogen-bond donors (Lipinski definition) is 0. The Balaban J connectivity index is 2.64. The molecular weight excluding hydrogens is 232 g/mol. The molecule has 1 aromatic heterocycles. The summed E-state index contributed by atoms with van der Waals surface area (Å²) >= 11 is 5.88. The van der Waals surface area contributed by atoms with Crippen molar-refractivity contribution in [1.82, 2.24) is 9.78 Å². The summed E-state index contributed by atoms with van der Waals surface area (Å²) in [5.41, 5.74) is 7.15. The van der Waals surface area contributed by atoms with Crippen LogP contribution in [0.15, 0.2) is 18.3 Å². The summed E-state index contributed by atoms with van der Waals surface area (Å²) in [6.07, 6.45) is 1.85. The Kier molecular flexibility index (Phi) is 3.25. The van der Waals surface area contributed by atoms with Crippen molar-refractivity contribution < 1.29 is 0 Å². The van der Waals surface area contributed by atoms with Crippen molar-refractivity contribution in [3.05, 3.63) is 46.3 Å². The molecule has 0 amide bonds. The molecule has 0 atom stereocenters. The zero-order valence-electron chi connectivity index (χ0n) is 10.7. The second kappa shape index (κ2) is 4.53. The first-order valence-corrected chi connectivity index (χ1v) is 6.25. The average molecular weight is 249 g/mol. The molecule has 0 saturated carbocycles. The fraction of sp³-hybridized carbons (Fsp3) is 0.357. The van der Waals surface area contributed by atoms with E-state index in [4.69, 9.17) is 11.6 Å². The monoisotopic (exact) mass is 248 g/mol. The molecule has 0 N–H and O–H groups in total. The lowest BCUT2D eigenvalue weighted by molar-refractivity contribution is 0.831. The highest BCUT2D eigenvalue weighted by Gasteiger charge is 2.11. The summed E-state index contributed by atoms with van der Waals surface area (Å²) in [6, 6.07) is 4.37. The summed E-state index contributed by atoms with van der Waals surface area (Å²) in [4.78, 5) is 0. The molecule has 0 radical (unpaired) electrons. The van der Waals surface area contributed by atoms with Crippen molar-refractivity contribution in [3.63, 3.8) is 0 Å². The Morgan fingerprint density at radius 3 is 2.18 bits per heavy atom. The van der Waals surface area contributed by atoms with Gasteiger partial charge >= 0.3 is 0 Å². The number of aryl methyl sites for hydroxylation is 3. The van der Waals surface area contributed by atoms with Gasteiger partial charge in [-0.2, -0.15) is 5.10 Å². The van der Waals surface area contributed by atoms with Gasteiger partial charge in [-0.1, -0.05) is 17.7 Å². The summed E-state index contributed by atoms with van der Waals surface area (Å²) < 4.78 is 1.99. The fourth-order valence-electron chi connectivity index (χ4n) is 2.31. The Hall–Kier alpha value is -1.28. The standard InChI is InChI=1S/C14H17ClN2/c1-9-5-10(2)14(11(3)6-9)17-12(4)13(7-15)8-16-17/h5-6,8H,7H2,1-4H3. The first kappa shape index (κ1) is 12.2. The van der Waals surface area contributed by atoms with Gasteiger partial charge in [-0.25, -0.2) is 4.68 Å². The van der Waals surface area contributed by atoms with E-state index in [0.717, 1.165) is 11.3 Å². The van der Waals surface area contributed by atoms with Gasteiger partial charge in [0.15, 0.2) is 0 Å². The van der Waals surface area contributed by atoms with Gasteiger partial charge in [0.1, 0.15) is 0 Å².